The summed E-state index contributed by atoms with van der Waals surface area (Å²) in [5.41, 5.74) is 2.67. The number of amides is 1. The van der Waals surface area contributed by atoms with E-state index in [2.05, 4.69) is 30.5 Å². The van der Waals surface area contributed by atoms with Gasteiger partial charge >= 0.3 is 0 Å². The molecule has 1 heterocycles. The molecule has 2 aliphatic rings. The number of anilines is 1. The standard InChI is InChI=1S/C17H24N2O/c1-12(2)17(9-10-17)11-18-15-8-7-13-5-3-4-6-14(13)19-16(15)20/h3-6,12,15,18H,7-11H2,1-2H3,(H,19,20). The highest BCUT2D eigenvalue weighted by Gasteiger charge is 2.45. The molecule has 0 spiro atoms. The van der Waals surface area contributed by atoms with Gasteiger partial charge < -0.3 is 10.6 Å². The highest BCUT2D eigenvalue weighted by molar-refractivity contribution is 5.96. The molecule has 108 valence electrons. The molecule has 0 saturated heterocycles. The van der Waals surface area contributed by atoms with Gasteiger partial charge in [0.25, 0.3) is 0 Å². The van der Waals surface area contributed by atoms with Crippen LogP contribution in [0.1, 0.15) is 38.7 Å². The molecule has 1 aromatic rings. The highest BCUT2D eigenvalue weighted by atomic mass is 16.2. The van der Waals surface area contributed by atoms with E-state index in [0.717, 1.165) is 25.1 Å². The number of hydrogen-bond acceptors (Lipinski definition) is 2. The van der Waals surface area contributed by atoms with E-state index in [0.29, 0.717) is 11.3 Å². The van der Waals surface area contributed by atoms with Crippen molar-refractivity contribution < 1.29 is 4.79 Å². The number of carbonyl (C=O) groups is 1. The van der Waals surface area contributed by atoms with Crippen molar-refractivity contribution in [1.82, 2.24) is 5.32 Å². The average molecular weight is 272 g/mol. The van der Waals surface area contributed by atoms with Crippen LogP contribution in [0, 0.1) is 11.3 Å². The van der Waals surface area contributed by atoms with Gasteiger partial charge in [-0.3, -0.25) is 4.79 Å². The first-order valence-corrected chi connectivity index (χ1v) is 7.73. The lowest BCUT2D eigenvalue weighted by atomic mass is 9.92. The lowest BCUT2D eigenvalue weighted by Gasteiger charge is -2.23. The minimum Gasteiger partial charge on any atom is -0.324 e. The molecular weight excluding hydrogens is 248 g/mol. The molecule has 2 N–H and O–H groups in total. The van der Waals surface area contributed by atoms with Crippen LogP contribution in [0.15, 0.2) is 24.3 Å². The third kappa shape index (κ3) is 2.59. The summed E-state index contributed by atoms with van der Waals surface area (Å²) >= 11 is 0. The normalized spacial score (nSPS) is 23.9. The highest BCUT2D eigenvalue weighted by Crippen LogP contribution is 2.51. The molecule has 1 aromatic carbocycles. The van der Waals surface area contributed by atoms with Crippen LogP contribution in [0.4, 0.5) is 5.69 Å². The second kappa shape index (κ2) is 5.21. The largest absolute Gasteiger partial charge is 0.324 e. The van der Waals surface area contributed by atoms with Crippen molar-refractivity contribution in [2.75, 3.05) is 11.9 Å². The van der Waals surface area contributed by atoms with Crippen LogP contribution in [0.25, 0.3) is 0 Å². The monoisotopic (exact) mass is 272 g/mol. The van der Waals surface area contributed by atoms with Crippen LogP contribution in [-0.4, -0.2) is 18.5 Å². The zero-order valence-corrected chi connectivity index (χ0v) is 12.4. The van der Waals surface area contributed by atoms with Crippen molar-refractivity contribution in [2.24, 2.45) is 11.3 Å². The molecule has 1 unspecified atom stereocenters. The molecular formula is C17H24N2O. The summed E-state index contributed by atoms with van der Waals surface area (Å²) in [6, 6.07) is 8.06. The number of nitrogens with one attached hydrogen (secondary N) is 2. The zero-order chi connectivity index (χ0) is 14.2. The Morgan fingerprint density at radius 3 is 2.80 bits per heavy atom. The fraction of sp³-hybridized carbons (Fsp3) is 0.588. The van der Waals surface area contributed by atoms with E-state index in [1.54, 1.807) is 0 Å². The second-order valence-corrected chi connectivity index (χ2v) is 6.64. The van der Waals surface area contributed by atoms with Crippen molar-refractivity contribution >= 4 is 11.6 Å². The molecule has 0 bridgehead atoms. The van der Waals surface area contributed by atoms with E-state index in [1.807, 2.05) is 18.2 Å². The van der Waals surface area contributed by atoms with Crippen molar-refractivity contribution in [3.63, 3.8) is 0 Å². The molecule has 3 rings (SSSR count). The molecule has 1 saturated carbocycles. The predicted molar refractivity (Wildman–Crippen MR) is 81.7 cm³/mol. The molecule has 1 atom stereocenters. The molecule has 20 heavy (non-hydrogen) atoms. The van der Waals surface area contributed by atoms with Gasteiger partial charge in [0.1, 0.15) is 0 Å². The van der Waals surface area contributed by atoms with E-state index in [9.17, 15) is 4.79 Å². The van der Waals surface area contributed by atoms with E-state index in [-0.39, 0.29) is 11.9 Å². The fourth-order valence-corrected chi connectivity index (χ4v) is 3.15. The van der Waals surface area contributed by atoms with Crippen molar-refractivity contribution in [1.29, 1.82) is 0 Å². The number of carbonyl (C=O) groups excluding carboxylic acids is 1. The summed E-state index contributed by atoms with van der Waals surface area (Å²) in [6.07, 6.45) is 4.44. The molecule has 0 aromatic heterocycles. The smallest absolute Gasteiger partial charge is 0.241 e. The third-order valence-corrected chi connectivity index (χ3v) is 5.11. The van der Waals surface area contributed by atoms with Crippen LogP contribution >= 0.6 is 0 Å². The van der Waals surface area contributed by atoms with Crippen molar-refractivity contribution in [3.8, 4) is 0 Å². The van der Waals surface area contributed by atoms with Gasteiger partial charge in [-0.05, 0) is 48.6 Å². The number of rotatable bonds is 4. The quantitative estimate of drug-likeness (QED) is 0.884. The number of benzene rings is 1. The second-order valence-electron chi connectivity index (χ2n) is 6.64. The Kier molecular flexibility index (Phi) is 3.55. The maximum Gasteiger partial charge on any atom is 0.241 e. The summed E-state index contributed by atoms with van der Waals surface area (Å²) in [4.78, 5) is 12.3. The molecule has 0 radical (unpaired) electrons. The van der Waals surface area contributed by atoms with Crippen LogP contribution < -0.4 is 10.6 Å². The molecule has 3 heteroatoms. The van der Waals surface area contributed by atoms with Gasteiger partial charge in [0, 0.05) is 12.2 Å². The Morgan fingerprint density at radius 1 is 1.35 bits per heavy atom. The Hall–Kier alpha value is -1.35. The predicted octanol–water partition coefficient (Wildman–Crippen LogP) is 2.97. The first kappa shape index (κ1) is 13.6. The van der Waals surface area contributed by atoms with Gasteiger partial charge in [-0.1, -0.05) is 32.0 Å². The minimum absolute atomic E-state index is 0.0568. The van der Waals surface area contributed by atoms with Crippen LogP contribution in [-0.2, 0) is 11.2 Å². The lowest BCUT2D eigenvalue weighted by molar-refractivity contribution is -0.118. The SMILES string of the molecule is CC(C)C1(CNC2CCc3ccccc3NC2=O)CC1. The molecule has 1 fully saturated rings. The first-order valence-electron chi connectivity index (χ1n) is 7.73. The van der Waals surface area contributed by atoms with Crippen molar-refractivity contribution in [3.05, 3.63) is 29.8 Å². The Morgan fingerprint density at radius 2 is 2.10 bits per heavy atom. The maximum atomic E-state index is 12.3. The van der Waals surface area contributed by atoms with Crippen LogP contribution in [0.3, 0.4) is 0 Å². The number of para-hydroxylation sites is 1. The van der Waals surface area contributed by atoms with Crippen molar-refractivity contribution in [2.45, 2.75) is 45.6 Å². The topological polar surface area (TPSA) is 41.1 Å². The van der Waals surface area contributed by atoms with E-state index in [4.69, 9.17) is 0 Å². The maximum absolute atomic E-state index is 12.3. The number of hydrogen-bond donors (Lipinski definition) is 2. The van der Waals surface area contributed by atoms with Crippen LogP contribution in [0.2, 0.25) is 0 Å². The number of fused-ring (bicyclic) bond motifs is 1. The zero-order valence-electron chi connectivity index (χ0n) is 12.4. The lowest BCUT2D eigenvalue weighted by Crippen LogP contribution is -2.43. The van der Waals surface area contributed by atoms with Gasteiger partial charge in [0.2, 0.25) is 5.91 Å². The Balaban J connectivity index is 1.63. The van der Waals surface area contributed by atoms with Crippen LogP contribution in [0.5, 0.6) is 0 Å². The van der Waals surface area contributed by atoms with E-state index < -0.39 is 0 Å². The summed E-state index contributed by atoms with van der Waals surface area (Å²) in [7, 11) is 0. The fourth-order valence-electron chi connectivity index (χ4n) is 3.15. The molecule has 1 amide bonds. The van der Waals surface area contributed by atoms with Gasteiger partial charge in [-0.25, -0.2) is 0 Å². The van der Waals surface area contributed by atoms with Gasteiger partial charge in [0.05, 0.1) is 6.04 Å². The Labute approximate surface area is 121 Å². The molecule has 1 aliphatic heterocycles. The van der Waals surface area contributed by atoms with E-state index in [1.165, 1.54) is 18.4 Å². The first-order chi connectivity index (χ1) is 9.61. The molecule has 1 aliphatic carbocycles. The average Bonchev–Trinajstić information content (AvgIpc) is 3.21. The Bertz CT molecular complexity index is 505. The summed E-state index contributed by atoms with van der Waals surface area (Å²) in [5.74, 6) is 0.815. The third-order valence-electron chi connectivity index (χ3n) is 5.11. The van der Waals surface area contributed by atoms with Gasteiger partial charge in [0.15, 0.2) is 0 Å². The summed E-state index contributed by atoms with van der Waals surface area (Å²) in [6.45, 7) is 5.55. The summed E-state index contributed by atoms with van der Waals surface area (Å²) in [5, 5.41) is 6.58. The van der Waals surface area contributed by atoms with E-state index >= 15 is 0 Å². The van der Waals surface area contributed by atoms with Gasteiger partial charge in [-0.15, -0.1) is 0 Å². The minimum atomic E-state index is -0.0568. The number of aryl methyl sites for hydroxylation is 1. The molecule has 3 nitrogen and oxygen atoms in total. The summed E-state index contributed by atoms with van der Waals surface area (Å²) < 4.78 is 0. The van der Waals surface area contributed by atoms with Gasteiger partial charge in [-0.2, -0.15) is 0 Å².